The summed E-state index contributed by atoms with van der Waals surface area (Å²) >= 11 is 0. The van der Waals surface area contributed by atoms with Crippen LogP contribution in [0.25, 0.3) is 0 Å². The van der Waals surface area contributed by atoms with Gasteiger partial charge in [0.15, 0.2) is 5.84 Å². The molecule has 0 fully saturated rings. The standard InChI is InChI=1S/C13H16N4O/c1-2-3-8-17(18)10-11-9-15-13(16-11)12-6-4-5-7-14-12/h4-7,9-10,18H,2-3,8H2,1H3/b11-10+. The van der Waals surface area contributed by atoms with Gasteiger partial charge in [-0.1, -0.05) is 19.4 Å². The summed E-state index contributed by atoms with van der Waals surface area (Å²) < 4.78 is 0. The lowest BCUT2D eigenvalue weighted by atomic mass is 10.3. The second-order valence-electron chi connectivity index (χ2n) is 3.98. The fraction of sp³-hybridized carbons (Fsp3) is 0.308. The van der Waals surface area contributed by atoms with E-state index in [2.05, 4.69) is 21.9 Å². The fourth-order valence-corrected chi connectivity index (χ4v) is 1.53. The Morgan fingerprint density at radius 3 is 3.00 bits per heavy atom. The molecule has 0 amide bonds. The second kappa shape index (κ2) is 6.07. The zero-order valence-electron chi connectivity index (χ0n) is 10.3. The molecular formula is C13H16N4O. The number of unbranched alkanes of at least 4 members (excludes halogenated alkanes) is 1. The molecule has 18 heavy (non-hydrogen) atoms. The average Bonchev–Trinajstić information content (AvgIpc) is 2.86. The summed E-state index contributed by atoms with van der Waals surface area (Å²) in [5.41, 5.74) is 1.37. The number of hydrogen-bond acceptors (Lipinski definition) is 5. The maximum atomic E-state index is 9.61. The number of hydroxylamine groups is 2. The summed E-state index contributed by atoms with van der Waals surface area (Å²) in [5.74, 6) is 0.575. The number of amidine groups is 1. The summed E-state index contributed by atoms with van der Waals surface area (Å²) in [4.78, 5) is 12.7. The van der Waals surface area contributed by atoms with Crippen LogP contribution in [0.3, 0.4) is 0 Å². The summed E-state index contributed by atoms with van der Waals surface area (Å²) in [6.07, 6.45) is 6.88. The molecule has 0 saturated carbocycles. The van der Waals surface area contributed by atoms with Crippen molar-refractivity contribution in [3.63, 3.8) is 0 Å². The minimum Gasteiger partial charge on any atom is -0.289 e. The maximum absolute atomic E-state index is 9.61. The van der Waals surface area contributed by atoms with E-state index in [1.54, 1.807) is 18.6 Å². The lowest BCUT2D eigenvalue weighted by Crippen LogP contribution is -2.13. The van der Waals surface area contributed by atoms with Crippen molar-refractivity contribution in [2.24, 2.45) is 9.98 Å². The molecule has 2 heterocycles. The van der Waals surface area contributed by atoms with E-state index in [1.165, 1.54) is 0 Å². The van der Waals surface area contributed by atoms with Gasteiger partial charge in [0.1, 0.15) is 11.4 Å². The molecule has 0 radical (unpaired) electrons. The second-order valence-corrected chi connectivity index (χ2v) is 3.98. The SMILES string of the molecule is CCCCN(O)/C=C1\C=NC(c2ccccn2)=N1. The quantitative estimate of drug-likeness (QED) is 0.808. The fourth-order valence-electron chi connectivity index (χ4n) is 1.53. The number of nitrogens with zero attached hydrogens (tertiary/aromatic N) is 4. The van der Waals surface area contributed by atoms with Crippen LogP contribution in [0, 0.1) is 0 Å². The van der Waals surface area contributed by atoms with E-state index in [-0.39, 0.29) is 0 Å². The number of aromatic nitrogens is 1. The van der Waals surface area contributed by atoms with E-state index >= 15 is 0 Å². The van der Waals surface area contributed by atoms with Crippen molar-refractivity contribution in [3.8, 4) is 0 Å². The average molecular weight is 244 g/mol. The summed E-state index contributed by atoms with van der Waals surface area (Å²) in [5, 5.41) is 10.8. The lowest BCUT2D eigenvalue weighted by Gasteiger charge is -2.10. The normalized spacial score (nSPS) is 16.1. The molecule has 0 unspecified atom stereocenters. The van der Waals surface area contributed by atoms with Crippen LogP contribution < -0.4 is 0 Å². The zero-order chi connectivity index (χ0) is 12.8. The van der Waals surface area contributed by atoms with Gasteiger partial charge in [-0.15, -0.1) is 0 Å². The first-order chi connectivity index (χ1) is 8.79. The highest BCUT2D eigenvalue weighted by Crippen LogP contribution is 2.09. The van der Waals surface area contributed by atoms with Gasteiger partial charge < -0.3 is 0 Å². The van der Waals surface area contributed by atoms with Gasteiger partial charge >= 0.3 is 0 Å². The monoisotopic (exact) mass is 244 g/mol. The van der Waals surface area contributed by atoms with Crippen molar-refractivity contribution in [2.45, 2.75) is 19.8 Å². The molecule has 1 N–H and O–H groups in total. The van der Waals surface area contributed by atoms with Gasteiger partial charge in [-0.25, -0.2) is 9.98 Å². The van der Waals surface area contributed by atoms with Crippen molar-refractivity contribution in [2.75, 3.05) is 6.54 Å². The molecule has 1 aliphatic heterocycles. The third-order valence-corrected chi connectivity index (χ3v) is 2.47. The van der Waals surface area contributed by atoms with Crippen LogP contribution in [-0.4, -0.2) is 33.8 Å². The van der Waals surface area contributed by atoms with Crippen LogP contribution in [0.15, 0.2) is 46.3 Å². The molecule has 94 valence electrons. The molecular weight excluding hydrogens is 228 g/mol. The van der Waals surface area contributed by atoms with Gasteiger partial charge in [-0.3, -0.25) is 15.3 Å². The molecule has 5 nitrogen and oxygen atoms in total. The Morgan fingerprint density at radius 1 is 1.39 bits per heavy atom. The van der Waals surface area contributed by atoms with Gasteiger partial charge in [0, 0.05) is 12.7 Å². The number of rotatable bonds is 5. The molecule has 1 aliphatic rings. The number of aliphatic imine (C=N–C) groups is 2. The van der Waals surface area contributed by atoms with E-state index in [9.17, 15) is 5.21 Å². The van der Waals surface area contributed by atoms with E-state index < -0.39 is 0 Å². The molecule has 2 rings (SSSR count). The molecule has 0 bridgehead atoms. The molecule has 0 aromatic carbocycles. The molecule has 0 atom stereocenters. The number of allylic oxidation sites excluding steroid dienone is 1. The highest BCUT2D eigenvalue weighted by Gasteiger charge is 2.09. The Labute approximate surface area is 106 Å². The Bertz CT molecular complexity index is 479. The van der Waals surface area contributed by atoms with E-state index in [4.69, 9.17) is 0 Å². The lowest BCUT2D eigenvalue weighted by molar-refractivity contribution is -0.0419. The first-order valence-electron chi connectivity index (χ1n) is 6.01. The van der Waals surface area contributed by atoms with Crippen LogP contribution in [0.1, 0.15) is 25.5 Å². The Kier molecular flexibility index (Phi) is 4.20. The molecule has 1 aromatic heterocycles. The van der Waals surface area contributed by atoms with Gasteiger partial charge in [0.05, 0.1) is 12.4 Å². The smallest absolute Gasteiger partial charge is 0.178 e. The zero-order valence-corrected chi connectivity index (χ0v) is 10.3. The Balaban J connectivity index is 2.05. The van der Waals surface area contributed by atoms with Crippen molar-refractivity contribution in [1.29, 1.82) is 0 Å². The minimum atomic E-state index is 0.575. The topological polar surface area (TPSA) is 61.1 Å². The van der Waals surface area contributed by atoms with Gasteiger partial charge in [0.2, 0.25) is 0 Å². The van der Waals surface area contributed by atoms with E-state index in [0.717, 1.165) is 23.6 Å². The molecule has 5 heteroatoms. The first kappa shape index (κ1) is 12.4. The van der Waals surface area contributed by atoms with Gasteiger partial charge in [-0.2, -0.15) is 0 Å². The maximum Gasteiger partial charge on any atom is 0.178 e. The van der Waals surface area contributed by atoms with Crippen molar-refractivity contribution in [3.05, 3.63) is 42.0 Å². The van der Waals surface area contributed by atoms with Gasteiger partial charge in [-0.05, 0) is 18.6 Å². The Hall–Kier alpha value is -2.01. The first-order valence-corrected chi connectivity index (χ1v) is 6.01. The van der Waals surface area contributed by atoms with Crippen LogP contribution in [0.4, 0.5) is 0 Å². The molecule has 1 aromatic rings. The van der Waals surface area contributed by atoms with Crippen LogP contribution in [-0.2, 0) is 0 Å². The molecule has 0 spiro atoms. The van der Waals surface area contributed by atoms with E-state index in [1.807, 2.05) is 18.2 Å². The minimum absolute atomic E-state index is 0.575. The molecule has 0 saturated heterocycles. The molecule has 0 aliphatic carbocycles. The predicted octanol–water partition coefficient (Wildman–Crippen LogP) is 2.25. The predicted molar refractivity (Wildman–Crippen MR) is 70.7 cm³/mol. The van der Waals surface area contributed by atoms with Crippen LogP contribution >= 0.6 is 0 Å². The highest BCUT2D eigenvalue weighted by atomic mass is 16.5. The highest BCUT2D eigenvalue weighted by molar-refractivity contribution is 6.09. The number of hydrogen-bond donors (Lipinski definition) is 1. The number of pyridine rings is 1. The summed E-state index contributed by atoms with van der Waals surface area (Å²) in [6.45, 7) is 2.68. The van der Waals surface area contributed by atoms with E-state index in [0.29, 0.717) is 18.1 Å². The summed E-state index contributed by atoms with van der Waals surface area (Å²) in [7, 11) is 0. The van der Waals surface area contributed by atoms with Crippen LogP contribution in [0.2, 0.25) is 0 Å². The third kappa shape index (κ3) is 3.24. The van der Waals surface area contributed by atoms with Crippen molar-refractivity contribution < 1.29 is 5.21 Å². The van der Waals surface area contributed by atoms with Crippen molar-refractivity contribution in [1.82, 2.24) is 10.0 Å². The van der Waals surface area contributed by atoms with Crippen molar-refractivity contribution >= 4 is 12.1 Å². The largest absolute Gasteiger partial charge is 0.289 e. The van der Waals surface area contributed by atoms with Gasteiger partial charge in [0.25, 0.3) is 0 Å². The third-order valence-electron chi connectivity index (χ3n) is 2.47. The Morgan fingerprint density at radius 2 is 2.28 bits per heavy atom. The van der Waals surface area contributed by atoms with Crippen LogP contribution in [0.5, 0.6) is 0 Å². The summed E-state index contributed by atoms with van der Waals surface area (Å²) in [6, 6.07) is 5.59.